The Morgan fingerprint density at radius 2 is 2.21 bits per heavy atom. The first-order valence-electron chi connectivity index (χ1n) is 7.22. The number of nitrogens with zero attached hydrogens (tertiary/aromatic N) is 1. The number of hydrogen-bond donors (Lipinski definition) is 1. The number of aromatic nitrogens is 1. The number of unbranched alkanes of at least 4 members (excludes halogenated alkanes) is 2. The van der Waals surface area contributed by atoms with Crippen molar-refractivity contribution in [1.29, 1.82) is 0 Å². The van der Waals surface area contributed by atoms with Gasteiger partial charge in [-0.3, -0.25) is 0 Å². The van der Waals surface area contributed by atoms with E-state index in [2.05, 4.69) is 29.1 Å². The van der Waals surface area contributed by atoms with Crippen LogP contribution in [0.25, 0.3) is 0 Å². The molecule has 0 saturated carbocycles. The summed E-state index contributed by atoms with van der Waals surface area (Å²) < 4.78 is 5.90. The van der Waals surface area contributed by atoms with E-state index >= 15 is 0 Å². The SMILES string of the molecule is CCCCC#Cc1cccc(OC2CCNCC2)n1. The van der Waals surface area contributed by atoms with E-state index in [4.69, 9.17) is 4.74 Å². The van der Waals surface area contributed by atoms with Crippen LogP contribution in [-0.2, 0) is 0 Å². The van der Waals surface area contributed by atoms with Gasteiger partial charge < -0.3 is 10.1 Å². The Kier molecular flexibility index (Phi) is 5.71. The van der Waals surface area contributed by atoms with E-state index in [0.717, 1.165) is 44.5 Å². The summed E-state index contributed by atoms with van der Waals surface area (Å²) in [4.78, 5) is 4.45. The van der Waals surface area contributed by atoms with E-state index in [1.807, 2.05) is 18.2 Å². The predicted molar refractivity (Wildman–Crippen MR) is 77.2 cm³/mol. The van der Waals surface area contributed by atoms with Gasteiger partial charge in [-0.2, -0.15) is 0 Å². The van der Waals surface area contributed by atoms with E-state index in [1.54, 1.807) is 0 Å². The molecule has 3 heteroatoms. The Hall–Kier alpha value is -1.53. The lowest BCUT2D eigenvalue weighted by Gasteiger charge is -2.23. The molecule has 1 saturated heterocycles. The highest BCUT2D eigenvalue weighted by molar-refractivity contribution is 5.30. The number of ether oxygens (including phenoxy) is 1. The van der Waals surface area contributed by atoms with Crippen molar-refractivity contribution in [2.24, 2.45) is 0 Å². The van der Waals surface area contributed by atoms with Gasteiger partial charge in [0, 0.05) is 12.5 Å². The number of hydrogen-bond acceptors (Lipinski definition) is 3. The smallest absolute Gasteiger partial charge is 0.214 e. The van der Waals surface area contributed by atoms with Crippen LogP contribution in [0.5, 0.6) is 5.88 Å². The van der Waals surface area contributed by atoms with Crippen molar-refractivity contribution in [3.8, 4) is 17.7 Å². The molecule has 1 fully saturated rings. The maximum Gasteiger partial charge on any atom is 0.214 e. The molecule has 19 heavy (non-hydrogen) atoms. The Bertz CT molecular complexity index is 442. The maximum absolute atomic E-state index is 5.90. The molecule has 1 aromatic heterocycles. The van der Waals surface area contributed by atoms with Crippen molar-refractivity contribution in [1.82, 2.24) is 10.3 Å². The largest absolute Gasteiger partial charge is 0.474 e. The molecule has 0 spiro atoms. The summed E-state index contributed by atoms with van der Waals surface area (Å²) in [5, 5.41) is 3.33. The van der Waals surface area contributed by atoms with E-state index < -0.39 is 0 Å². The lowest BCUT2D eigenvalue weighted by molar-refractivity contribution is 0.156. The summed E-state index contributed by atoms with van der Waals surface area (Å²) in [5.41, 5.74) is 0.808. The third kappa shape index (κ3) is 4.92. The third-order valence-corrected chi connectivity index (χ3v) is 3.17. The summed E-state index contributed by atoms with van der Waals surface area (Å²) in [6.45, 7) is 4.23. The van der Waals surface area contributed by atoms with Gasteiger partial charge in [-0.1, -0.05) is 25.3 Å². The first-order chi connectivity index (χ1) is 9.38. The summed E-state index contributed by atoms with van der Waals surface area (Å²) in [6, 6.07) is 5.82. The van der Waals surface area contributed by atoms with E-state index in [9.17, 15) is 0 Å². The standard InChI is InChI=1S/C16H22N2O/c1-2-3-4-5-7-14-8-6-9-16(18-14)19-15-10-12-17-13-11-15/h6,8-9,15,17H,2-4,10-13H2,1H3. The maximum atomic E-state index is 5.90. The van der Waals surface area contributed by atoms with Crippen molar-refractivity contribution in [3.63, 3.8) is 0 Å². The van der Waals surface area contributed by atoms with Crippen molar-refractivity contribution < 1.29 is 4.74 Å². The highest BCUT2D eigenvalue weighted by Crippen LogP contribution is 2.14. The number of pyridine rings is 1. The lowest BCUT2D eigenvalue weighted by atomic mass is 10.1. The molecule has 1 N–H and O–H groups in total. The number of nitrogens with one attached hydrogen (secondary N) is 1. The van der Waals surface area contributed by atoms with Gasteiger partial charge in [0.2, 0.25) is 5.88 Å². The van der Waals surface area contributed by atoms with Gasteiger partial charge in [-0.25, -0.2) is 4.98 Å². The molecule has 0 bridgehead atoms. The topological polar surface area (TPSA) is 34.1 Å². The van der Waals surface area contributed by atoms with Gasteiger partial charge >= 0.3 is 0 Å². The fourth-order valence-corrected chi connectivity index (χ4v) is 2.05. The van der Waals surface area contributed by atoms with Crippen LogP contribution in [0.1, 0.15) is 44.7 Å². The molecule has 1 aliphatic rings. The van der Waals surface area contributed by atoms with Crippen LogP contribution in [0.2, 0.25) is 0 Å². The molecule has 0 aromatic carbocycles. The summed E-state index contributed by atoms with van der Waals surface area (Å²) in [7, 11) is 0. The molecular weight excluding hydrogens is 236 g/mol. The third-order valence-electron chi connectivity index (χ3n) is 3.17. The summed E-state index contributed by atoms with van der Waals surface area (Å²) in [6.07, 6.45) is 5.66. The van der Waals surface area contributed by atoms with Crippen molar-refractivity contribution in [2.75, 3.05) is 13.1 Å². The average molecular weight is 258 g/mol. The Labute approximate surface area is 115 Å². The second kappa shape index (κ2) is 7.81. The molecule has 1 aliphatic heterocycles. The molecular formula is C16H22N2O. The number of rotatable bonds is 4. The molecule has 2 heterocycles. The van der Waals surface area contributed by atoms with E-state index in [0.29, 0.717) is 5.88 Å². The predicted octanol–water partition coefficient (Wildman–Crippen LogP) is 2.75. The minimum absolute atomic E-state index is 0.289. The van der Waals surface area contributed by atoms with Crippen LogP contribution in [-0.4, -0.2) is 24.2 Å². The van der Waals surface area contributed by atoms with Crippen molar-refractivity contribution in [2.45, 2.75) is 45.1 Å². The Morgan fingerprint density at radius 1 is 1.37 bits per heavy atom. The van der Waals surface area contributed by atoms with Gasteiger partial charge in [-0.15, -0.1) is 0 Å². The van der Waals surface area contributed by atoms with Crippen LogP contribution < -0.4 is 10.1 Å². The van der Waals surface area contributed by atoms with Crippen LogP contribution in [0.4, 0.5) is 0 Å². The van der Waals surface area contributed by atoms with Crippen LogP contribution in [0.15, 0.2) is 18.2 Å². The molecule has 0 amide bonds. The lowest BCUT2D eigenvalue weighted by Crippen LogP contribution is -2.34. The molecule has 2 rings (SSSR count). The second-order valence-electron chi connectivity index (χ2n) is 4.83. The van der Waals surface area contributed by atoms with Gasteiger partial charge in [0.1, 0.15) is 11.8 Å². The second-order valence-corrected chi connectivity index (χ2v) is 4.83. The van der Waals surface area contributed by atoms with E-state index in [1.165, 1.54) is 6.42 Å². The Morgan fingerprint density at radius 3 is 3.00 bits per heavy atom. The highest BCUT2D eigenvalue weighted by Gasteiger charge is 2.14. The van der Waals surface area contributed by atoms with Crippen molar-refractivity contribution >= 4 is 0 Å². The number of piperidine rings is 1. The molecule has 0 unspecified atom stereocenters. The minimum Gasteiger partial charge on any atom is -0.474 e. The minimum atomic E-state index is 0.289. The molecule has 1 aromatic rings. The highest BCUT2D eigenvalue weighted by atomic mass is 16.5. The zero-order valence-corrected chi connectivity index (χ0v) is 11.6. The zero-order chi connectivity index (χ0) is 13.3. The summed E-state index contributed by atoms with van der Waals surface area (Å²) in [5.74, 6) is 6.96. The van der Waals surface area contributed by atoms with Crippen molar-refractivity contribution in [3.05, 3.63) is 23.9 Å². The average Bonchev–Trinajstić information content (AvgIpc) is 2.45. The van der Waals surface area contributed by atoms with Gasteiger partial charge in [-0.05, 0) is 44.3 Å². The molecule has 102 valence electrons. The van der Waals surface area contributed by atoms with Gasteiger partial charge in [0.15, 0.2) is 0 Å². The molecule has 0 radical (unpaired) electrons. The van der Waals surface area contributed by atoms with Crippen LogP contribution in [0, 0.1) is 11.8 Å². The van der Waals surface area contributed by atoms with Gasteiger partial charge in [0.25, 0.3) is 0 Å². The summed E-state index contributed by atoms with van der Waals surface area (Å²) >= 11 is 0. The quantitative estimate of drug-likeness (QED) is 0.666. The zero-order valence-electron chi connectivity index (χ0n) is 11.6. The van der Waals surface area contributed by atoms with Crippen LogP contribution in [0.3, 0.4) is 0 Å². The fourth-order valence-electron chi connectivity index (χ4n) is 2.05. The molecule has 0 atom stereocenters. The molecule has 3 nitrogen and oxygen atoms in total. The van der Waals surface area contributed by atoms with E-state index in [-0.39, 0.29) is 6.10 Å². The fraction of sp³-hybridized carbons (Fsp3) is 0.562. The first-order valence-corrected chi connectivity index (χ1v) is 7.22. The Balaban J connectivity index is 1.91. The van der Waals surface area contributed by atoms with Gasteiger partial charge in [0.05, 0.1) is 0 Å². The molecule has 0 aliphatic carbocycles. The monoisotopic (exact) mass is 258 g/mol. The normalized spacial score (nSPS) is 15.6. The first kappa shape index (κ1) is 13.9. The van der Waals surface area contributed by atoms with Crippen LogP contribution >= 0.6 is 0 Å².